The van der Waals surface area contributed by atoms with Crippen molar-refractivity contribution in [1.82, 2.24) is 4.90 Å². The molecule has 1 amide bonds. The smallest absolute Gasteiger partial charge is 0.253 e. The van der Waals surface area contributed by atoms with Crippen LogP contribution in [0.2, 0.25) is 0 Å². The van der Waals surface area contributed by atoms with Gasteiger partial charge in [0, 0.05) is 24.2 Å². The van der Waals surface area contributed by atoms with Gasteiger partial charge in [0.15, 0.2) is 0 Å². The molecule has 0 aromatic heterocycles. The minimum atomic E-state index is -0.0618. The maximum absolute atomic E-state index is 12.0. The summed E-state index contributed by atoms with van der Waals surface area (Å²) in [4.78, 5) is 18.2. The van der Waals surface area contributed by atoms with Crippen LogP contribution in [-0.4, -0.2) is 29.0 Å². The van der Waals surface area contributed by atoms with Crippen molar-refractivity contribution in [3.63, 3.8) is 0 Å². The number of aromatic hydroxyl groups is 1. The van der Waals surface area contributed by atoms with Crippen molar-refractivity contribution in [2.24, 2.45) is 5.90 Å². The molecule has 5 nitrogen and oxygen atoms in total. The van der Waals surface area contributed by atoms with Crippen LogP contribution in [0.15, 0.2) is 18.2 Å². The van der Waals surface area contributed by atoms with E-state index < -0.39 is 0 Å². The molecule has 0 spiro atoms. The van der Waals surface area contributed by atoms with Gasteiger partial charge in [0.1, 0.15) is 5.75 Å². The molecule has 1 rings (SSSR count). The van der Waals surface area contributed by atoms with E-state index >= 15 is 0 Å². The lowest BCUT2D eigenvalue weighted by atomic mass is 10.1. The normalized spacial score (nSPS) is 10.3. The molecule has 0 radical (unpaired) electrons. The molecule has 3 N–H and O–H groups in total. The number of hydrogen-bond donors (Lipinski definition) is 2. The van der Waals surface area contributed by atoms with Crippen LogP contribution in [0.25, 0.3) is 0 Å². The van der Waals surface area contributed by atoms with Crippen molar-refractivity contribution in [1.29, 1.82) is 0 Å². The number of carbonyl (C=O) groups is 1. The standard InChI is InChI=1S/C12H18N2O3/c1-3-14(4-2)12(16)9-5-6-11(15)10(7-9)8-17-13/h5-7,15H,3-4,8,13H2,1-2H3. The van der Waals surface area contributed by atoms with Crippen LogP contribution in [0.4, 0.5) is 0 Å². The minimum absolute atomic E-state index is 0.0618. The highest BCUT2D eigenvalue weighted by atomic mass is 16.6. The van der Waals surface area contributed by atoms with Gasteiger partial charge in [-0.05, 0) is 32.0 Å². The zero-order chi connectivity index (χ0) is 12.8. The Morgan fingerprint density at radius 3 is 2.59 bits per heavy atom. The van der Waals surface area contributed by atoms with Crippen molar-refractivity contribution in [3.05, 3.63) is 29.3 Å². The molecule has 0 aliphatic heterocycles. The van der Waals surface area contributed by atoms with Crippen molar-refractivity contribution in [2.45, 2.75) is 20.5 Å². The van der Waals surface area contributed by atoms with Crippen molar-refractivity contribution in [2.75, 3.05) is 13.1 Å². The summed E-state index contributed by atoms with van der Waals surface area (Å²) in [5.74, 6) is 4.98. The van der Waals surface area contributed by atoms with Crippen LogP contribution in [0.5, 0.6) is 5.75 Å². The van der Waals surface area contributed by atoms with Crippen LogP contribution < -0.4 is 5.90 Å². The molecular formula is C12H18N2O3. The molecule has 0 atom stereocenters. The SMILES string of the molecule is CCN(CC)C(=O)c1ccc(O)c(CON)c1. The zero-order valence-corrected chi connectivity index (χ0v) is 10.1. The first-order valence-corrected chi connectivity index (χ1v) is 5.56. The van der Waals surface area contributed by atoms with Gasteiger partial charge in [0.25, 0.3) is 5.91 Å². The molecule has 17 heavy (non-hydrogen) atoms. The van der Waals surface area contributed by atoms with E-state index in [1.807, 2.05) is 13.8 Å². The van der Waals surface area contributed by atoms with Gasteiger partial charge in [0.2, 0.25) is 0 Å². The maximum atomic E-state index is 12.0. The fraction of sp³-hybridized carbons (Fsp3) is 0.417. The van der Waals surface area contributed by atoms with E-state index in [0.29, 0.717) is 24.2 Å². The first-order valence-electron chi connectivity index (χ1n) is 5.56. The van der Waals surface area contributed by atoms with Crippen LogP contribution in [0.1, 0.15) is 29.8 Å². The summed E-state index contributed by atoms with van der Waals surface area (Å²) < 4.78 is 0. The van der Waals surface area contributed by atoms with Crippen molar-refractivity contribution < 1.29 is 14.7 Å². The third kappa shape index (κ3) is 3.18. The largest absolute Gasteiger partial charge is 0.508 e. The molecule has 0 saturated heterocycles. The molecule has 0 heterocycles. The Balaban J connectivity index is 2.98. The number of carbonyl (C=O) groups excluding carboxylic acids is 1. The first kappa shape index (κ1) is 13.5. The summed E-state index contributed by atoms with van der Waals surface area (Å²) >= 11 is 0. The zero-order valence-electron chi connectivity index (χ0n) is 10.1. The van der Waals surface area contributed by atoms with Crippen molar-refractivity contribution in [3.8, 4) is 5.75 Å². The Labute approximate surface area is 101 Å². The van der Waals surface area contributed by atoms with Gasteiger partial charge < -0.3 is 10.0 Å². The first-order chi connectivity index (χ1) is 8.13. The summed E-state index contributed by atoms with van der Waals surface area (Å²) in [5, 5.41) is 9.54. The second kappa shape index (κ2) is 6.22. The number of amides is 1. The van der Waals surface area contributed by atoms with E-state index in [1.54, 1.807) is 17.0 Å². The second-order valence-electron chi connectivity index (χ2n) is 3.63. The lowest BCUT2D eigenvalue weighted by Crippen LogP contribution is -2.30. The summed E-state index contributed by atoms with van der Waals surface area (Å²) in [6.45, 7) is 5.22. The molecule has 0 aliphatic rings. The summed E-state index contributed by atoms with van der Waals surface area (Å²) in [6.07, 6.45) is 0. The summed E-state index contributed by atoms with van der Waals surface area (Å²) in [6, 6.07) is 4.67. The van der Waals surface area contributed by atoms with Gasteiger partial charge in [-0.2, -0.15) is 0 Å². The van der Waals surface area contributed by atoms with Gasteiger partial charge >= 0.3 is 0 Å². The Bertz CT molecular complexity index is 389. The molecule has 1 aromatic rings. The molecule has 1 aromatic carbocycles. The Hall–Kier alpha value is -1.59. The van der Waals surface area contributed by atoms with Crippen molar-refractivity contribution >= 4 is 5.91 Å². The summed E-state index contributed by atoms with van der Waals surface area (Å²) in [7, 11) is 0. The number of nitrogens with zero attached hydrogens (tertiary/aromatic N) is 1. The monoisotopic (exact) mass is 238 g/mol. The molecule has 5 heteroatoms. The van der Waals surface area contributed by atoms with Gasteiger partial charge in [-0.1, -0.05) is 0 Å². The van der Waals surface area contributed by atoms with Gasteiger partial charge in [0.05, 0.1) is 6.61 Å². The quantitative estimate of drug-likeness (QED) is 0.757. The number of benzene rings is 1. The Kier molecular flexibility index (Phi) is 4.93. The lowest BCUT2D eigenvalue weighted by Gasteiger charge is -2.19. The molecular weight excluding hydrogens is 220 g/mol. The molecule has 0 aliphatic carbocycles. The lowest BCUT2D eigenvalue weighted by molar-refractivity contribution is 0.0772. The van der Waals surface area contributed by atoms with E-state index in [-0.39, 0.29) is 18.3 Å². The molecule has 0 saturated carbocycles. The average molecular weight is 238 g/mol. The predicted molar refractivity (Wildman–Crippen MR) is 64.3 cm³/mol. The van der Waals surface area contributed by atoms with Crippen LogP contribution >= 0.6 is 0 Å². The third-order valence-corrected chi connectivity index (χ3v) is 2.62. The average Bonchev–Trinajstić information content (AvgIpc) is 2.33. The van der Waals surface area contributed by atoms with Crippen LogP contribution in [0, 0.1) is 0 Å². The second-order valence-corrected chi connectivity index (χ2v) is 3.63. The van der Waals surface area contributed by atoms with E-state index in [2.05, 4.69) is 4.84 Å². The van der Waals surface area contributed by atoms with Gasteiger partial charge in [-0.3, -0.25) is 9.63 Å². The molecule has 0 unspecified atom stereocenters. The van der Waals surface area contributed by atoms with Crippen LogP contribution in [-0.2, 0) is 11.4 Å². The highest BCUT2D eigenvalue weighted by Crippen LogP contribution is 2.20. The molecule has 0 fully saturated rings. The number of nitrogens with two attached hydrogens (primary N) is 1. The van der Waals surface area contributed by atoms with Crippen LogP contribution in [0.3, 0.4) is 0 Å². The fourth-order valence-corrected chi connectivity index (χ4v) is 1.62. The van der Waals surface area contributed by atoms with E-state index in [4.69, 9.17) is 5.90 Å². The fourth-order valence-electron chi connectivity index (χ4n) is 1.62. The minimum Gasteiger partial charge on any atom is -0.508 e. The summed E-state index contributed by atoms with van der Waals surface area (Å²) in [5.41, 5.74) is 1.03. The third-order valence-electron chi connectivity index (χ3n) is 2.62. The highest BCUT2D eigenvalue weighted by Gasteiger charge is 2.14. The molecule has 94 valence electrons. The van der Waals surface area contributed by atoms with Gasteiger partial charge in [-0.25, -0.2) is 5.90 Å². The number of hydrogen-bond acceptors (Lipinski definition) is 4. The van der Waals surface area contributed by atoms with E-state index in [0.717, 1.165) is 0 Å². The highest BCUT2D eigenvalue weighted by molar-refractivity contribution is 5.94. The van der Waals surface area contributed by atoms with E-state index in [9.17, 15) is 9.90 Å². The van der Waals surface area contributed by atoms with Gasteiger partial charge in [-0.15, -0.1) is 0 Å². The predicted octanol–water partition coefficient (Wildman–Crippen LogP) is 1.26. The number of phenols is 1. The Morgan fingerprint density at radius 2 is 2.06 bits per heavy atom. The van der Waals surface area contributed by atoms with E-state index in [1.165, 1.54) is 6.07 Å². The topological polar surface area (TPSA) is 75.8 Å². The number of phenolic OH excluding ortho intramolecular Hbond substituents is 1. The maximum Gasteiger partial charge on any atom is 0.253 e. The Morgan fingerprint density at radius 1 is 1.41 bits per heavy atom. The number of rotatable bonds is 5. The molecule has 0 bridgehead atoms.